The van der Waals surface area contributed by atoms with Crippen LogP contribution in [-0.2, 0) is 0 Å². The number of rotatable bonds is 0. The first-order valence-electron chi connectivity index (χ1n) is 5.32. The van der Waals surface area contributed by atoms with Gasteiger partial charge in [0.05, 0.1) is 11.1 Å². The van der Waals surface area contributed by atoms with Gasteiger partial charge >= 0.3 is 0 Å². The number of nitrogens with zero attached hydrogens (tertiary/aromatic N) is 2. The molecule has 1 fully saturated rings. The van der Waals surface area contributed by atoms with Gasteiger partial charge in [-0.2, -0.15) is 0 Å². The van der Waals surface area contributed by atoms with Crippen LogP contribution < -0.4 is 20.7 Å². The normalized spacial score (nSPS) is 23.3. The summed E-state index contributed by atoms with van der Waals surface area (Å²) in [5, 5.41) is 3.79. The van der Waals surface area contributed by atoms with E-state index in [1.807, 2.05) is 0 Å². The largest absolute Gasteiger partial charge is 0.487 e. The van der Waals surface area contributed by atoms with E-state index in [0.717, 1.165) is 31.2 Å². The molecule has 0 bridgehead atoms. The molecule has 1 aromatic heterocycles. The van der Waals surface area contributed by atoms with Crippen molar-refractivity contribution in [3.8, 4) is 5.75 Å². The van der Waals surface area contributed by atoms with Crippen LogP contribution in [0.15, 0.2) is 6.07 Å². The summed E-state index contributed by atoms with van der Waals surface area (Å²) in [4.78, 5) is 6.55. The van der Waals surface area contributed by atoms with Gasteiger partial charge in [0.1, 0.15) is 12.4 Å². The third kappa shape index (κ3) is 1.47. The summed E-state index contributed by atoms with van der Waals surface area (Å²) in [5.74, 6) is 1.92. The fourth-order valence-corrected chi connectivity index (χ4v) is 2.30. The quantitative estimate of drug-likeness (QED) is 0.691. The Morgan fingerprint density at radius 2 is 2.50 bits per heavy atom. The fourth-order valence-electron chi connectivity index (χ4n) is 2.16. The molecule has 0 aliphatic carbocycles. The zero-order valence-corrected chi connectivity index (χ0v) is 9.50. The molecule has 2 aliphatic rings. The van der Waals surface area contributed by atoms with E-state index in [1.54, 1.807) is 6.07 Å². The van der Waals surface area contributed by atoms with Crippen LogP contribution >= 0.6 is 11.6 Å². The second-order valence-electron chi connectivity index (χ2n) is 4.04. The minimum Gasteiger partial charge on any atom is -0.487 e. The highest BCUT2D eigenvalue weighted by Crippen LogP contribution is 2.36. The minimum atomic E-state index is 0.342. The molecule has 0 aromatic carbocycles. The van der Waals surface area contributed by atoms with Crippen molar-refractivity contribution in [3.63, 3.8) is 0 Å². The van der Waals surface area contributed by atoms with Gasteiger partial charge in [0.25, 0.3) is 0 Å². The molecule has 6 heteroatoms. The predicted octanol–water partition coefficient (Wildman–Crippen LogP) is 0.488. The van der Waals surface area contributed by atoms with Crippen LogP contribution in [0.25, 0.3) is 0 Å². The monoisotopic (exact) mass is 240 g/mol. The Kier molecular flexibility index (Phi) is 2.29. The van der Waals surface area contributed by atoms with E-state index in [4.69, 9.17) is 22.1 Å². The molecule has 0 radical (unpaired) electrons. The maximum Gasteiger partial charge on any atom is 0.174 e. The van der Waals surface area contributed by atoms with Crippen molar-refractivity contribution in [2.24, 2.45) is 0 Å². The Morgan fingerprint density at radius 3 is 3.38 bits per heavy atom. The second-order valence-corrected chi connectivity index (χ2v) is 4.45. The van der Waals surface area contributed by atoms with Gasteiger partial charge in [-0.05, 0) is 0 Å². The molecular formula is C10H13ClN4O. The predicted molar refractivity (Wildman–Crippen MR) is 63.2 cm³/mol. The topological polar surface area (TPSA) is 63.4 Å². The summed E-state index contributed by atoms with van der Waals surface area (Å²) in [7, 11) is 0. The van der Waals surface area contributed by atoms with Gasteiger partial charge in [0, 0.05) is 25.7 Å². The molecule has 86 valence electrons. The van der Waals surface area contributed by atoms with Crippen LogP contribution in [0.5, 0.6) is 5.75 Å². The highest BCUT2D eigenvalue weighted by Gasteiger charge is 2.31. The molecule has 3 rings (SSSR count). The number of nitrogens with one attached hydrogen (secondary N) is 1. The van der Waals surface area contributed by atoms with Crippen molar-refractivity contribution in [1.29, 1.82) is 0 Å². The standard InChI is InChI=1S/C10H13ClN4O/c11-7-3-8-10(14-9(7)12)15-2-1-13-4-6(15)5-16-8/h3,6,13H,1-2,4-5H2,(H2,12,14). The molecule has 1 saturated heterocycles. The van der Waals surface area contributed by atoms with Crippen molar-refractivity contribution >= 4 is 23.2 Å². The zero-order chi connectivity index (χ0) is 11.1. The first-order chi connectivity index (χ1) is 7.75. The smallest absolute Gasteiger partial charge is 0.174 e. The van der Waals surface area contributed by atoms with Gasteiger partial charge in [0.2, 0.25) is 0 Å². The zero-order valence-electron chi connectivity index (χ0n) is 8.74. The van der Waals surface area contributed by atoms with Crippen molar-refractivity contribution < 1.29 is 4.74 Å². The Hall–Kier alpha value is -1.20. The highest BCUT2D eigenvalue weighted by atomic mass is 35.5. The van der Waals surface area contributed by atoms with E-state index in [1.165, 1.54) is 0 Å². The number of nitrogen functional groups attached to an aromatic ring is 1. The average Bonchev–Trinajstić information content (AvgIpc) is 2.31. The lowest BCUT2D eigenvalue weighted by Gasteiger charge is -2.40. The lowest BCUT2D eigenvalue weighted by Crippen LogP contribution is -2.56. The van der Waals surface area contributed by atoms with E-state index >= 15 is 0 Å². The van der Waals surface area contributed by atoms with Crippen molar-refractivity contribution in [2.75, 3.05) is 36.9 Å². The maximum absolute atomic E-state index is 5.92. The Balaban J connectivity index is 2.04. The summed E-state index contributed by atoms with van der Waals surface area (Å²) in [6.07, 6.45) is 0. The molecule has 5 nitrogen and oxygen atoms in total. The molecule has 1 atom stereocenters. The van der Waals surface area contributed by atoms with Crippen molar-refractivity contribution in [2.45, 2.75) is 6.04 Å². The van der Waals surface area contributed by atoms with Gasteiger partial charge in [0.15, 0.2) is 11.6 Å². The van der Waals surface area contributed by atoms with Gasteiger partial charge in [-0.15, -0.1) is 0 Å². The number of anilines is 2. The summed E-state index contributed by atoms with van der Waals surface area (Å²) in [5.41, 5.74) is 5.72. The first kappa shape index (κ1) is 9.99. The number of pyridine rings is 1. The van der Waals surface area contributed by atoms with Gasteiger partial charge in [-0.25, -0.2) is 4.98 Å². The molecule has 2 aliphatic heterocycles. The van der Waals surface area contributed by atoms with Crippen molar-refractivity contribution in [1.82, 2.24) is 10.3 Å². The van der Waals surface area contributed by atoms with E-state index in [-0.39, 0.29) is 0 Å². The third-order valence-electron chi connectivity index (χ3n) is 3.00. The lowest BCUT2D eigenvalue weighted by molar-refractivity contribution is 0.245. The van der Waals surface area contributed by atoms with E-state index in [0.29, 0.717) is 23.5 Å². The SMILES string of the molecule is Nc1nc2c(cc1Cl)OCC1CNCCN21. The van der Waals surface area contributed by atoms with E-state index in [2.05, 4.69) is 15.2 Å². The molecule has 0 amide bonds. The molecule has 1 aromatic rings. The number of piperazine rings is 1. The van der Waals surface area contributed by atoms with Crippen molar-refractivity contribution in [3.05, 3.63) is 11.1 Å². The molecule has 0 spiro atoms. The average molecular weight is 241 g/mol. The maximum atomic E-state index is 5.92. The Labute approximate surface area is 98.5 Å². The van der Waals surface area contributed by atoms with E-state index in [9.17, 15) is 0 Å². The van der Waals surface area contributed by atoms with Crippen LogP contribution in [-0.4, -0.2) is 37.3 Å². The molecule has 3 heterocycles. The minimum absolute atomic E-state index is 0.342. The summed E-state index contributed by atoms with van der Waals surface area (Å²) in [6.45, 7) is 3.47. The van der Waals surface area contributed by atoms with Crippen LogP contribution in [0.4, 0.5) is 11.6 Å². The highest BCUT2D eigenvalue weighted by molar-refractivity contribution is 6.33. The van der Waals surface area contributed by atoms with Gasteiger partial charge < -0.3 is 20.7 Å². The molecule has 0 saturated carbocycles. The molecule has 1 unspecified atom stereocenters. The Bertz CT molecular complexity index is 426. The number of hydrogen-bond acceptors (Lipinski definition) is 5. The number of fused-ring (bicyclic) bond motifs is 3. The molecular weight excluding hydrogens is 228 g/mol. The first-order valence-corrected chi connectivity index (χ1v) is 5.69. The Morgan fingerprint density at radius 1 is 1.62 bits per heavy atom. The second kappa shape index (κ2) is 3.68. The summed E-state index contributed by atoms with van der Waals surface area (Å²) >= 11 is 5.92. The fraction of sp³-hybridized carbons (Fsp3) is 0.500. The van der Waals surface area contributed by atoms with Gasteiger partial charge in [-0.1, -0.05) is 11.6 Å². The van der Waals surface area contributed by atoms with Crippen LogP contribution in [0.2, 0.25) is 5.02 Å². The number of hydrogen-bond donors (Lipinski definition) is 2. The summed E-state index contributed by atoms with van der Waals surface area (Å²) < 4.78 is 5.64. The lowest BCUT2D eigenvalue weighted by atomic mass is 10.1. The van der Waals surface area contributed by atoms with Crippen LogP contribution in [0.3, 0.4) is 0 Å². The number of nitrogens with two attached hydrogens (primary N) is 1. The van der Waals surface area contributed by atoms with E-state index < -0.39 is 0 Å². The number of aromatic nitrogens is 1. The molecule has 16 heavy (non-hydrogen) atoms. The van der Waals surface area contributed by atoms with Crippen LogP contribution in [0, 0.1) is 0 Å². The van der Waals surface area contributed by atoms with Crippen LogP contribution in [0.1, 0.15) is 0 Å². The number of ether oxygens (including phenoxy) is 1. The van der Waals surface area contributed by atoms with Gasteiger partial charge in [-0.3, -0.25) is 0 Å². The third-order valence-corrected chi connectivity index (χ3v) is 3.31. The molecule has 3 N–H and O–H groups in total. The number of halogens is 1. The summed E-state index contributed by atoms with van der Waals surface area (Å²) in [6, 6.07) is 2.09.